The van der Waals surface area contributed by atoms with Crippen molar-refractivity contribution in [3.63, 3.8) is 0 Å². The van der Waals surface area contributed by atoms with Gasteiger partial charge in [-0.1, -0.05) is 24.3 Å². The van der Waals surface area contributed by atoms with Gasteiger partial charge in [0.05, 0.1) is 51.1 Å². The zero-order valence-electron chi connectivity index (χ0n) is 15.4. The van der Waals surface area contributed by atoms with Gasteiger partial charge in [0, 0.05) is 0 Å². The van der Waals surface area contributed by atoms with Gasteiger partial charge in [0.1, 0.15) is 5.82 Å². The second-order valence-electron chi connectivity index (χ2n) is 6.46. The highest BCUT2D eigenvalue weighted by Crippen LogP contribution is 2.36. The van der Waals surface area contributed by atoms with Crippen LogP contribution in [0.4, 0.5) is 10.1 Å². The molecule has 0 aromatic heterocycles. The number of benzene rings is 3. The Morgan fingerprint density at radius 1 is 1.03 bits per heavy atom. The van der Waals surface area contributed by atoms with Crippen LogP contribution >= 0.6 is 0 Å². The number of amides is 1. The number of ether oxygens (including phenoxy) is 1. The van der Waals surface area contributed by atoms with E-state index < -0.39 is 16.8 Å². The number of rotatable bonds is 3. The lowest BCUT2D eigenvalue weighted by molar-refractivity contribution is 0.0600. The summed E-state index contributed by atoms with van der Waals surface area (Å²) >= 11 is 0. The summed E-state index contributed by atoms with van der Waals surface area (Å²) in [6.07, 6.45) is 0. The van der Waals surface area contributed by atoms with E-state index in [4.69, 9.17) is 4.74 Å². The second-order valence-corrected chi connectivity index (χ2v) is 7.87. The zero-order valence-corrected chi connectivity index (χ0v) is 16.2. The molecule has 0 N–H and O–H groups in total. The highest BCUT2D eigenvalue weighted by molar-refractivity contribution is 7.85. The first-order valence-corrected chi connectivity index (χ1v) is 9.94. The number of halogens is 1. The van der Waals surface area contributed by atoms with Crippen LogP contribution in [0.25, 0.3) is 0 Å². The van der Waals surface area contributed by atoms with Gasteiger partial charge in [0.2, 0.25) is 0 Å². The number of methoxy groups -OCH3 is 1. The van der Waals surface area contributed by atoms with Crippen LogP contribution in [0, 0.1) is 5.82 Å². The predicted octanol–water partition coefficient (Wildman–Crippen LogP) is 3.94. The van der Waals surface area contributed by atoms with Crippen molar-refractivity contribution in [1.29, 1.82) is 0 Å². The Hall–Kier alpha value is -3.32. The molecule has 1 heterocycles. The van der Waals surface area contributed by atoms with E-state index >= 15 is 0 Å². The van der Waals surface area contributed by atoms with E-state index in [1.54, 1.807) is 42.5 Å². The minimum atomic E-state index is -1.61. The molecule has 0 saturated heterocycles. The topological polar surface area (TPSA) is 63.7 Å². The van der Waals surface area contributed by atoms with Crippen LogP contribution in [0.15, 0.2) is 76.5 Å². The van der Waals surface area contributed by atoms with E-state index in [0.29, 0.717) is 26.6 Å². The standard InChI is InChI=1S/C22H16FNO4S/c1-28-22(26)15-8-11-20-18(12-15)24(13-14-6-9-16(23)10-7-14)21(25)17-4-2-3-5-19(17)29(20)27/h2-12H,13H2,1H3. The predicted molar refractivity (Wildman–Crippen MR) is 106 cm³/mol. The van der Waals surface area contributed by atoms with Crippen molar-refractivity contribution in [2.45, 2.75) is 16.3 Å². The van der Waals surface area contributed by atoms with Crippen LogP contribution < -0.4 is 4.90 Å². The van der Waals surface area contributed by atoms with E-state index in [9.17, 15) is 18.2 Å². The maximum Gasteiger partial charge on any atom is 0.337 e. The summed E-state index contributed by atoms with van der Waals surface area (Å²) in [6.45, 7) is 0.127. The molecular weight excluding hydrogens is 393 g/mol. The highest BCUT2D eigenvalue weighted by atomic mass is 32.2. The molecule has 1 aliphatic heterocycles. The number of carbonyl (C=O) groups excluding carboxylic acids is 2. The molecule has 4 rings (SSSR count). The SMILES string of the molecule is COC(=O)c1ccc2c(c1)N(Cc1ccc(F)cc1)C(=O)c1ccccc1S2=O. The number of hydrogen-bond donors (Lipinski definition) is 0. The van der Waals surface area contributed by atoms with Gasteiger partial charge >= 0.3 is 5.97 Å². The first kappa shape index (κ1) is 19.0. The van der Waals surface area contributed by atoms with E-state index in [-0.39, 0.29) is 23.8 Å². The van der Waals surface area contributed by atoms with Gasteiger partial charge in [0.15, 0.2) is 0 Å². The summed E-state index contributed by atoms with van der Waals surface area (Å²) < 4.78 is 31.3. The fourth-order valence-corrected chi connectivity index (χ4v) is 4.58. The van der Waals surface area contributed by atoms with Gasteiger partial charge < -0.3 is 9.64 Å². The van der Waals surface area contributed by atoms with Crippen molar-refractivity contribution in [1.82, 2.24) is 0 Å². The van der Waals surface area contributed by atoms with Crippen molar-refractivity contribution >= 4 is 28.4 Å². The van der Waals surface area contributed by atoms with Crippen molar-refractivity contribution in [3.05, 3.63) is 89.2 Å². The van der Waals surface area contributed by atoms with Crippen LogP contribution in [-0.2, 0) is 22.1 Å². The summed E-state index contributed by atoms with van der Waals surface area (Å²) in [4.78, 5) is 27.7. The number of esters is 1. The summed E-state index contributed by atoms with van der Waals surface area (Å²) in [5.74, 6) is -1.29. The Bertz CT molecular complexity index is 1140. The molecule has 29 heavy (non-hydrogen) atoms. The second kappa shape index (κ2) is 7.60. The lowest BCUT2D eigenvalue weighted by Crippen LogP contribution is -2.30. The Balaban J connectivity index is 1.91. The largest absolute Gasteiger partial charge is 0.465 e. The Morgan fingerprint density at radius 2 is 1.76 bits per heavy atom. The average molecular weight is 409 g/mol. The molecular formula is C22H16FNO4S. The summed E-state index contributed by atoms with van der Waals surface area (Å²) in [6, 6.07) is 17.1. The van der Waals surface area contributed by atoms with Crippen molar-refractivity contribution in [2.24, 2.45) is 0 Å². The molecule has 5 nitrogen and oxygen atoms in total. The van der Waals surface area contributed by atoms with Crippen molar-refractivity contribution < 1.29 is 22.9 Å². The molecule has 7 heteroatoms. The van der Waals surface area contributed by atoms with Gasteiger partial charge in [-0.15, -0.1) is 0 Å². The molecule has 0 aliphatic carbocycles. The molecule has 1 amide bonds. The number of hydrogen-bond acceptors (Lipinski definition) is 4. The van der Waals surface area contributed by atoms with Crippen LogP contribution in [0.5, 0.6) is 0 Å². The van der Waals surface area contributed by atoms with Gasteiger partial charge in [-0.2, -0.15) is 0 Å². The molecule has 0 bridgehead atoms. The van der Waals surface area contributed by atoms with E-state index in [2.05, 4.69) is 0 Å². The van der Waals surface area contributed by atoms with Crippen molar-refractivity contribution in [3.8, 4) is 0 Å². The number of carbonyl (C=O) groups is 2. The number of nitrogens with zero attached hydrogens (tertiary/aromatic N) is 1. The molecule has 1 aliphatic rings. The Morgan fingerprint density at radius 3 is 2.48 bits per heavy atom. The molecule has 0 saturated carbocycles. The smallest absolute Gasteiger partial charge is 0.337 e. The molecule has 0 fully saturated rings. The zero-order chi connectivity index (χ0) is 20.5. The third kappa shape index (κ3) is 3.45. The van der Waals surface area contributed by atoms with Gasteiger partial charge in [-0.25, -0.2) is 13.4 Å². The van der Waals surface area contributed by atoms with Crippen LogP contribution in [0.3, 0.4) is 0 Å². The quantitative estimate of drug-likeness (QED) is 0.615. The van der Waals surface area contributed by atoms with Gasteiger partial charge in [-0.05, 0) is 48.0 Å². The van der Waals surface area contributed by atoms with Gasteiger partial charge in [-0.3, -0.25) is 4.79 Å². The average Bonchev–Trinajstić information content (AvgIpc) is 2.84. The van der Waals surface area contributed by atoms with E-state index in [1.165, 1.54) is 36.3 Å². The molecule has 146 valence electrons. The number of anilines is 1. The maximum absolute atomic E-state index is 13.4. The van der Waals surface area contributed by atoms with Crippen molar-refractivity contribution in [2.75, 3.05) is 12.0 Å². The lowest BCUT2D eigenvalue weighted by Gasteiger charge is -2.23. The van der Waals surface area contributed by atoms with Crippen LogP contribution in [0.2, 0.25) is 0 Å². The van der Waals surface area contributed by atoms with Gasteiger partial charge in [0.25, 0.3) is 5.91 Å². The lowest BCUT2D eigenvalue weighted by atomic mass is 10.1. The fraction of sp³-hybridized carbons (Fsp3) is 0.0909. The molecule has 1 unspecified atom stereocenters. The molecule has 1 atom stereocenters. The third-order valence-corrected chi connectivity index (χ3v) is 6.19. The summed E-state index contributed by atoms with van der Waals surface area (Å²) in [5.41, 5.74) is 1.62. The molecule has 0 spiro atoms. The Labute approximate surface area is 169 Å². The first-order chi connectivity index (χ1) is 14.0. The molecule has 3 aromatic rings. The normalized spacial score (nSPS) is 15.3. The third-order valence-electron chi connectivity index (χ3n) is 4.69. The van der Waals surface area contributed by atoms with Crippen LogP contribution in [-0.4, -0.2) is 23.2 Å². The van der Waals surface area contributed by atoms with E-state index in [1.807, 2.05) is 0 Å². The fourth-order valence-electron chi connectivity index (χ4n) is 3.24. The highest BCUT2D eigenvalue weighted by Gasteiger charge is 2.31. The summed E-state index contributed by atoms with van der Waals surface area (Å²) in [5, 5.41) is 0. The minimum Gasteiger partial charge on any atom is -0.465 e. The van der Waals surface area contributed by atoms with Crippen LogP contribution in [0.1, 0.15) is 26.3 Å². The summed E-state index contributed by atoms with van der Waals surface area (Å²) in [7, 11) is -0.341. The number of fused-ring (bicyclic) bond motifs is 2. The first-order valence-electron chi connectivity index (χ1n) is 8.79. The van der Waals surface area contributed by atoms with E-state index in [0.717, 1.165) is 0 Å². The molecule has 3 aromatic carbocycles. The minimum absolute atomic E-state index is 0.127. The maximum atomic E-state index is 13.4. The molecule has 0 radical (unpaired) electrons. The Kier molecular flexibility index (Phi) is 4.98. The monoisotopic (exact) mass is 409 g/mol.